The van der Waals surface area contributed by atoms with Crippen LogP contribution < -0.4 is 21.7 Å². The third-order valence-electron chi connectivity index (χ3n) is 10.0. The molecule has 0 fully saturated rings. The molecule has 10 aromatic rings. The van der Waals surface area contributed by atoms with Crippen molar-refractivity contribution in [2.75, 3.05) is 0 Å². The van der Waals surface area contributed by atoms with E-state index in [-0.39, 0.29) is 124 Å². The number of aromatic amines is 4. The van der Waals surface area contributed by atoms with Crippen LogP contribution in [0.5, 0.6) is 0 Å². The smallest absolute Gasteiger partial charge is 0.744 e. The van der Waals surface area contributed by atoms with Gasteiger partial charge >= 0.3 is 48.9 Å². The minimum absolute atomic E-state index is 0. The number of halogens is 4. The number of hydrogen-bond acceptors (Lipinski definition) is 10. The van der Waals surface area contributed by atoms with E-state index in [1.165, 1.54) is 48.5 Å². The Morgan fingerprint density at radius 1 is 0.377 bits per heavy atom. The van der Waals surface area contributed by atoms with Crippen LogP contribution >= 0.6 is 46.4 Å². The van der Waals surface area contributed by atoms with Crippen molar-refractivity contribution in [1.82, 2.24) is 19.9 Å². The summed E-state index contributed by atoms with van der Waals surface area (Å²) in [4.78, 5) is 62.4. The van der Waals surface area contributed by atoms with Gasteiger partial charge in [-0.1, -0.05) is 46.4 Å². The molecule has 0 aliphatic carbocycles. The van der Waals surface area contributed by atoms with E-state index >= 15 is 0 Å². The van der Waals surface area contributed by atoms with E-state index in [2.05, 4.69) is 19.9 Å². The molecular formula is C40H18BaCl4N4O10S2. The van der Waals surface area contributed by atoms with Crippen LogP contribution in [0.1, 0.15) is 0 Å². The summed E-state index contributed by atoms with van der Waals surface area (Å²) in [6, 6.07) is 20.5. The number of rotatable bonds is 2. The maximum absolute atomic E-state index is 13.1. The number of pyridine rings is 4. The standard InChI is InChI=1S/2C20H10Cl2N2O5S.Ba/c2*21-8-1-2-9-14(5-8)23-15-6-12-16(7-11(15)18(9)25)24-17-10(19(12)26)3-4-13(22)20(17)30(27,28)29;/h2*1-7H,(H,23,25)(H,24,26)(H,27,28,29);/q;;+2/p-2. The summed E-state index contributed by atoms with van der Waals surface area (Å²) in [5.74, 6) is 0. The molecule has 0 bridgehead atoms. The second-order valence-corrected chi connectivity index (χ2v) is 17.9. The van der Waals surface area contributed by atoms with Crippen molar-refractivity contribution >= 4 is 203 Å². The van der Waals surface area contributed by atoms with Crippen molar-refractivity contribution in [3.8, 4) is 0 Å². The van der Waals surface area contributed by atoms with Gasteiger partial charge in [0, 0.05) is 53.1 Å². The summed E-state index contributed by atoms with van der Waals surface area (Å²) in [7, 11) is -9.92. The van der Waals surface area contributed by atoms with E-state index in [9.17, 15) is 45.1 Å². The van der Waals surface area contributed by atoms with Crippen LogP contribution in [-0.2, 0) is 20.2 Å². The van der Waals surface area contributed by atoms with Crippen LogP contribution in [0.25, 0.3) is 87.2 Å². The molecule has 4 heterocycles. The second kappa shape index (κ2) is 15.5. The van der Waals surface area contributed by atoms with E-state index < -0.39 is 40.9 Å². The van der Waals surface area contributed by atoms with Crippen LogP contribution in [0.3, 0.4) is 0 Å². The molecule has 0 radical (unpaired) electrons. The Morgan fingerprint density at radius 2 is 0.656 bits per heavy atom. The van der Waals surface area contributed by atoms with E-state index in [0.29, 0.717) is 42.9 Å². The molecule has 0 amide bonds. The molecule has 4 N–H and O–H groups in total. The molecule has 300 valence electrons. The minimum atomic E-state index is -4.96. The second-order valence-electron chi connectivity index (χ2n) is 13.6. The predicted molar refractivity (Wildman–Crippen MR) is 237 cm³/mol. The van der Waals surface area contributed by atoms with Crippen molar-refractivity contribution < 1.29 is 25.9 Å². The molecule has 14 nitrogen and oxygen atoms in total. The number of nitrogens with one attached hydrogen (secondary N) is 4. The fourth-order valence-electron chi connectivity index (χ4n) is 7.37. The first-order valence-electron chi connectivity index (χ1n) is 17.1. The van der Waals surface area contributed by atoms with Crippen molar-refractivity contribution in [3.63, 3.8) is 0 Å². The van der Waals surface area contributed by atoms with Gasteiger partial charge in [-0.25, -0.2) is 16.8 Å². The summed E-state index contributed by atoms with van der Waals surface area (Å²) in [5, 5.41) is 2.08. The fourth-order valence-corrected chi connectivity index (χ4v) is 10.0. The number of benzene rings is 6. The summed E-state index contributed by atoms with van der Waals surface area (Å²) >= 11 is 23.9. The van der Waals surface area contributed by atoms with Gasteiger partial charge in [0.2, 0.25) is 0 Å². The maximum Gasteiger partial charge on any atom is 2.00 e. The van der Waals surface area contributed by atoms with Crippen molar-refractivity contribution in [2.45, 2.75) is 9.79 Å². The molecule has 0 saturated carbocycles. The molecule has 10 rings (SSSR count). The SMILES string of the molecule is O=c1c2ccc(Cl)cc2[nH]c2cc3c(=O)c4ccc(Cl)c(S(=O)(=O)[O-])c4[nH]c3cc12.O=c1c2ccc(Cl)cc2[nH]c2cc3c(=O)c4ccc(Cl)c(S(=O)(=O)[O-])c4[nH]c3cc12.[Ba+2]. The van der Waals surface area contributed by atoms with Gasteiger partial charge in [-0.15, -0.1) is 0 Å². The first-order chi connectivity index (χ1) is 28.3. The monoisotopic (exact) mass is 1060 g/mol. The van der Waals surface area contributed by atoms with Crippen molar-refractivity contribution in [2.24, 2.45) is 0 Å². The van der Waals surface area contributed by atoms with Gasteiger partial charge in [0.05, 0.1) is 64.0 Å². The third-order valence-corrected chi connectivity index (χ3v) is 13.2. The molecule has 21 heteroatoms. The van der Waals surface area contributed by atoms with E-state index in [1.54, 1.807) is 36.4 Å². The maximum atomic E-state index is 13.1. The first kappa shape index (κ1) is 43.4. The largest absolute Gasteiger partial charge is 2.00 e. The zero-order chi connectivity index (χ0) is 42.7. The Bertz CT molecular complexity index is 3850. The molecular weight excluding hydrogens is 1040 g/mol. The van der Waals surface area contributed by atoms with Crippen LogP contribution in [0.2, 0.25) is 20.1 Å². The van der Waals surface area contributed by atoms with Gasteiger partial charge in [-0.3, -0.25) is 19.2 Å². The zero-order valence-corrected chi connectivity index (χ0v) is 39.3. The van der Waals surface area contributed by atoms with E-state index in [4.69, 9.17) is 46.4 Å². The average Bonchev–Trinajstić information content (AvgIpc) is 3.16. The van der Waals surface area contributed by atoms with Crippen LogP contribution in [0.4, 0.5) is 0 Å². The molecule has 0 aliphatic rings. The molecule has 0 aliphatic heterocycles. The normalized spacial score (nSPS) is 12.2. The van der Waals surface area contributed by atoms with Gasteiger partial charge in [0.1, 0.15) is 20.2 Å². The molecule has 61 heavy (non-hydrogen) atoms. The fraction of sp³-hybridized carbons (Fsp3) is 0. The number of aromatic nitrogens is 4. The van der Waals surface area contributed by atoms with E-state index in [1.807, 2.05) is 0 Å². The van der Waals surface area contributed by atoms with Gasteiger partial charge in [-0.05, 0) is 84.9 Å². The van der Waals surface area contributed by atoms with Crippen LogP contribution in [0.15, 0.2) is 114 Å². The topological polar surface area (TPSA) is 246 Å². The Kier molecular flexibility index (Phi) is 11.0. The molecule has 4 aromatic heterocycles. The molecule has 0 atom stereocenters. The number of H-pyrrole nitrogens is 4. The molecule has 6 aromatic carbocycles. The Labute approximate surface area is 400 Å². The molecule has 0 unspecified atom stereocenters. The Balaban J connectivity index is 0.000000166. The summed E-state index contributed by atoms with van der Waals surface area (Å²) < 4.78 is 70.4. The predicted octanol–water partition coefficient (Wildman–Crippen LogP) is 7.39. The number of fused-ring (bicyclic) bond motifs is 8. The van der Waals surface area contributed by atoms with Gasteiger partial charge in [0.15, 0.2) is 21.7 Å². The first-order valence-corrected chi connectivity index (χ1v) is 21.4. The van der Waals surface area contributed by atoms with Crippen molar-refractivity contribution in [1.29, 1.82) is 0 Å². The molecule has 0 saturated heterocycles. The van der Waals surface area contributed by atoms with Crippen LogP contribution in [0, 0.1) is 0 Å². The molecule has 0 spiro atoms. The third kappa shape index (κ3) is 7.38. The quantitative estimate of drug-likeness (QED) is 0.0759. The summed E-state index contributed by atoms with van der Waals surface area (Å²) in [5.41, 5.74) is 0.279. The van der Waals surface area contributed by atoms with Gasteiger partial charge < -0.3 is 29.0 Å². The van der Waals surface area contributed by atoms with Gasteiger partial charge in [0.25, 0.3) is 0 Å². The Hall–Kier alpha value is -4.25. The van der Waals surface area contributed by atoms with E-state index in [0.717, 1.165) is 0 Å². The Morgan fingerprint density at radius 3 is 0.984 bits per heavy atom. The minimum Gasteiger partial charge on any atom is -0.744 e. The summed E-state index contributed by atoms with van der Waals surface area (Å²) in [6.07, 6.45) is 0. The summed E-state index contributed by atoms with van der Waals surface area (Å²) in [6.45, 7) is 0. The van der Waals surface area contributed by atoms with Crippen LogP contribution in [-0.4, -0.2) is 94.8 Å². The zero-order valence-electron chi connectivity index (χ0n) is 30.2. The van der Waals surface area contributed by atoms with Gasteiger partial charge in [-0.2, -0.15) is 0 Å². The van der Waals surface area contributed by atoms with Crippen molar-refractivity contribution in [3.05, 3.63) is 146 Å². The average molecular weight is 1060 g/mol. The number of hydrogen-bond donors (Lipinski definition) is 4.